The fourth-order valence-corrected chi connectivity index (χ4v) is 4.76. The molecule has 24 heavy (non-hydrogen) atoms. The molecule has 1 atom stereocenters. The van der Waals surface area contributed by atoms with Crippen LogP contribution in [-0.2, 0) is 32.4 Å². The summed E-state index contributed by atoms with van der Waals surface area (Å²) in [4.78, 5) is 6.56. The van der Waals surface area contributed by atoms with Crippen molar-refractivity contribution in [2.24, 2.45) is 0 Å². The molecule has 1 aromatic heterocycles. The number of ether oxygens (including phenoxy) is 2. The molecule has 1 aromatic rings. The van der Waals surface area contributed by atoms with Gasteiger partial charge in [-0.1, -0.05) is 6.92 Å². The second kappa shape index (κ2) is 7.95. The summed E-state index contributed by atoms with van der Waals surface area (Å²) in [6.07, 6.45) is 4.40. The van der Waals surface area contributed by atoms with E-state index in [0.29, 0.717) is 19.5 Å². The Balaban J connectivity index is 1.84. The van der Waals surface area contributed by atoms with Gasteiger partial charge < -0.3 is 14.0 Å². The number of nitrogens with zero attached hydrogens (tertiary/aromatic N) is 3. The molecule has 8 heteroatoms. The maximum atomic E-state index is 12.6. The summed E-state index contributed by atoms with van der Waals surface area (Å²) in [5, 5.41) is 0.197. The third-order valence-corrected chi connectivity index (χ3v) is 6.38. The van der Waals surface area contributed by atoms with Crippen LogP contribution < -0.4 is 0 Å². The highest BCUT2D eigenvalue weighted by molar-refractivity contribution is 7.91. The van der Waals surface area contributed by atoms with E-state index in [1.165, 1.54) is 0 Å². The minimum atomic E-state index is -3.35. The summed E-state index contributed by atoms with van der Waals surface area (Å²) in [6.45, 7) is 7.07. The second-order valence-corrected chi connectivity index (χ2v) is 8.49. The van der Waals surface area contributed by atoms with Crippen LogP contribution >= 0.6 is 0 Å². The number of hydrogen-bond donors (Lipinski definition) is 0. The van der Waals surface area contributed by atoms with Gasteiger partial charge in [-0.3, -0.25) is 4.90 Å². The Labute approximate surface area is 143 Å². The van der Waals surface area contributed by atoms with E-state index in [2.05, 4.69) is 9.88 Å². The van der Waals surface area contributed by atoms with Crippen LogP contribution in [0.25, 0.3) is 0 Å². The molecule has 136 valence electrons. The number of morpholine rings is 1. The van der Waals surface area contributed by atoms with Crippen LogP contribution in [0.1, 0.15) is 31.9 Å². The third kappa shape index (κ3) is 4.17. The van der Waals surface area contributed by atoms with Gasteiger partial charge in [0.05, 0.1) is 43.5 Å². The average molecular weight is 357 g/mol. The molecule has 2 saturated heterocycles. The fourth-order valence-electron chi connectivity index (χ4n) is 3.30. The van der Waals surface area contributed by atoms with Crippen molar-refractivity contribution in [3.63, 3.8) is 0 Å². The maximum absolute atomic E-state index is 12.6. The van der Waals surface area contributed by atoms with Crippen molar-refractivity contribution in [3.8, 4) is 0 Å². The van der Waals surface area contributed by atoms with Gasteiger partial charge in [0.2, 0.25) is 15.0 Å². The quantitative estimate of drug-likeness (QED) is 0.727. The van der Waals surface area contributed by atoms with Crippen LogP contribution in [0.15, 0.2) is 11.4 Å². The predicted molar refractivity (Wildman–Crippen MR) is 89.6 cm³/mol. The van der Waals surface area contributed by atoms with E-state index in [0.717, 1.165) is 51.4 Å². The SMILES string of the molecule is CCCS(=O)(=O)c1ncc(CN2CCOCC2)n1C[C@@H]1CCCO1. The molecule has 2 fully saturated rings. The molecule has 0 N–H and O–H groups in total. The van der Waals surface area contributed by atoms with Gasteiger partial charge in [0.15, 0.2) is 0 Å². The zero-order valence-electron chi connectivity index (χ0n) is 14.3. The number of rotatable bonds is 7. The van der Waals surface area contributed by atoms with E-state index in [-0.39, 0.29) is 17.0 Å². The number of imidazole rings is 1. The molecule has 0 aromatic carbocycles. The lowest BCUT2D eigenvalue weighted by molar-refractivity contribution is 0.0324. The summed E-state index contributed by atoms with van der Waals surface area (Å²) < 4.78 is 38.1. The number of aromatic nitrogens is 2. The van der Waals surface area contributed by atoms with Crippen molar-refractivity contribution in [1.29, 1.82) is 0 Å². The molecular formula is C16H27N3O4S. The van der Waals surface area contributed by atoms with Crippen molar-refractivity contribution >= 4 is 9.84 Å². The highest BCUT2D eigenvalue weighted by atomic mass is 32.2. The maximum Gasteiger partial charge on any atom is 0.227 e. The van der Waals surface area contributed by atoms with E-state index in [1.54, 1.807) is 6.20 Å². The van der Waals surface area contributed by atoms with E-state index in [9.17, 15) is 8.42 Å². The Kier molecular flexibility index (Phi) is 5.91. The number of hydrogen-bond acceptors (Lipinski definition) is 6. The second-order valence-electron chi connectivity index (χ2n) is 6.49. The van der Waals surface area contributed by atoms with Gasteiger partial charge in [0.1, 0.15) is 0 Å². The average Bonchev–Trinajstić information content (AvgIpc) is 3.20. The standard InChI is InChI=1S/C16H27N3O4S/c1-2-10-24(20,21)16-17-11-14(12-18-5-8-22-9-6-18)19(16)13-15-4-3-7-23-15/h11,15H,2-10,12-13H2,1H3/t15-/m0/s1. The topological polar surface area (TPSA) is 73.7 Å². The summed E-state index contributed by atoms with van der Waals surface area (Å²) in [5.41, 5.74) is 0.946. The van der Waals surface area contributed by atoms with Crippen molar-refractivity contribution < 1.29 is 17.9 Å². The molecule has 2 aliphatic heterocycles. The number of sulfone groups is 1. The van der Waals surface area contributed by atoms with Gasteiger partial charge in [-0.15, -0.1) is 0 Å². The van der Waals surface area contributed by atoms with Gasteiger partial charge in [0, 0.05) is 26.2 Å². The van der Waals surface area contributed by atoms with Gasteiger partial charge in [-0.25, -0.2) is 13.4 Å². The largest absolute Gasteiger partial charge is 0.379 e. The van der Waals surface area contributed by atoms with Gasteiger partial charge in [-0.05, 0) is 19.3 Å². The molecule has 2 aliphatic rings. The summed E-state index contributed by atoms with van der Waals surface area (Å²) in [6, 6.07) is 0. The van der Waals surface area contributed by atoms with Crippen molar-refractivity contribution in [2.45, 2.75) is 50.5 Å². The lowest BCUT2D eigenvalue weighted by Gasteiger charge is -2.27. The van der Waals surface area contributed by atoms with E-state index in [4.69, 9.17) is 9.47 Å². The zero-order valence-corrected chi connectivity index (χ0v) is 15.1. The highest BCUT2D eigenvalue weighted by Gasteiger charge is 2.27. The summed E-state index contributed by atoms with van der Waals surface area (Å²) in [7, 11) is -3.35. The van der Waals surface area contributed by atoms with Crippen LogP contribution in [0.3, 0.4) is 0 Å². The molecular weight excluding hydrogens is 330 g/mol. The Morgan fingerprint density at radius 1 is 1.29 bits per heavy atom. The first-order valence-corrected chi connectivity index (χ1v) is 10.4. The van der Waals surface area contributed by atoms with Crippen molar-refractivity contribution in [1.82, 2.24) is 14.5 Å². The van der Waals surface area contributed by atoms with E-state index < -0.39 is 9.84 Å². The molecule has 0 amide bonds. The molecule has 0 aliphatic carbocycles. The third-order valence-electron chi connectivity index (χ3n) is 4.55. The van der Waals surface area contributed by atoms with Gasteiger partial charge >= 0.3 is 0 Å². The normalized spacial score (nSPS) is 23.0. The minimum absolute atomic E-state index is 0.0817. The Morgan fingerprint density at radius 2 is 2.08 bits per heavy atom. The molecule has 0 unspecified atom stereocenters. The zero-order chi connectivity index (χ0) is 17.0. The van der Waals surface area contributed by atoms with Gasteiger partial charge in [0.25, 0.3) is 0 Å². The lowest BCUT2D eigenvalue weighted by Crippen LogP contribution is -2.36. The molecule has 3 rings (SSSR count). The first kappa shape index (κ1) is 17.8. The van der Waals surface area contributed by atoms with Crippen LogP contribution in [-0.4, -0.2) is 67.6 Å². The van der Waals surface area contributed by atoms with E-state index in [1.807, 2.05) is 11.5 Å². The Bertz CT molecular complexity index is 632. The van der Waals surface area contributed by atoms with Crippen LogP contribution in [0, 0.1) is 0 Å². The molecule has 0 spiro atoms. The van der Waals surface area contributed by atoms with Gasteiger partial charge in [-0.2, -0.15) is 0 Å². The molecule has 0 saturated carbocycles. The van der Waals surface area contributed by atoms with Crippen molar-refractivity contribution in [2.75, 3.05) is 38.7 Å². The van der Waals surface area contributed by atoms with Crippen LogP contribution in [0.4, 0.5) is 0 Å². The summed E-state index contributed by atoms with van der Waals surface area (Å²) >= 11 is 0. The Hall–Kier alpha value is -0.960. The Morgan fingerprint density at radius 3 is 2.75 bits per heavy atom. The molecule has 7 nitrogen and oxygen atoms in total. The molecule has 0 bridgehead atoms. The fraction of sp³-hybridized carbons (Fsp3) is 0.812. The van der Waals surface area contributed by atoms with E-state index >= 15 is 0 Å². The van der Waals surface area contributed by atoms with Crippen LogP contribution in [0.2, 0.25) is 0 Å². The first-order valence-electron chi connectivity index (χ1n) is 8.79. The minimum Gasteiger partial charge on any atom is -0.379 e. The summed E-state index contributed by atoms with van der Waals surface area (Å²) in [5.74, 6) is 0.131. The van der Waals surface area contributed by atoms with Crippen LogP contribution in [0.5, 0.6) is 0 Å². The monoisotopic (exact) mass is 357 g/mol. The molecule has 0 radical (unpaired) electrons. The first-order chi connectivity index (χ1) is 11.6. The van der Waals surface area contributed by atoms with Crippen molar-refractivity contribution in [3.05, 3.63) is 11.9 Å². The lowest BCUT2D eigenvalue weighted by atomic mass is 10.2. The highest BCUT2D eigenvalue weighted by Crippen LogP contribution is 2.21. The molecule has 3 heterocycles. The smallest absolute Gasteiger partial charge is 0.227 e. The predicted octanol–water partition coefficient (Wildman–Crippen LogP) is 1.08.